The normalized spacial score (nSPS) is 11.1. The highest BCUT2D eigenvalue weighted by molar-refractivity contribution is 5.81. The Labute approximate surface area is 124 Å². The first-order valence-corrected chi connectivity index (χ1v) is 7.29. The fraction of sp³-hybridized carbons (Fsp3) is 0.412. The summed E-state index contributed by atoms with van der Waals surface area (Å²) in [5, 5.41) is 3.85. The molecule has 1 aromatic heterocycles. The Balaban J connectivity index is 2.24. The second kappa shape index (κ2) is 6.12. The molecule has 0 aliphatic heterocycles. The van der Waals surface area contributed by atoms with Crippen LogP contribution in [0.25, 0.3) is 10.9 Å². The number of carbonyl (C=O) groups is 1. The van der Waals surface area contributed by atoms with Gasteiger partial charge in [0.2, 0.25) is 5.91 Å². The van der Waals surface area contributed by atoms with Crippen molar-refractivity contribution in [2.45, 2.75) is 46.6 Å². The first-order chi connectivity index (χ1) is 9.86. The third-order valence-corrected chi connectivity index (χ3v) is 3.61. The van der Waals surface area contributed by atoms with Crippen LogP contribution in [0.5, 0.6) is 0 Å². The number of carbonyl (C=O) groups excluding carboxylic acids is 1. The predicted molar refractivity (Wildman–Crippen MR) is 85.6 cm³/mol. The molecule has 0 saturated carbocycles. The maximum Gasteiger partial charge on any atom is 0.251 e. The van der Waals surface area contributed by atoms with Crippen LogP contribution in [0.1, 0.15) is 37.0 Å². The van der Waals surface area contributed by atoms with Gasteiger partial charge in [-0.2, -0.15) is 0 Å². The van der Waals surface area contributed by atoms with Crippen molar-refractivity contribution in [1.29, 1.82) is 0 Å². The van der Waals surface area contributed by atoms with E-state index in [1.54, 1.807) is 0 Å². The molecule has 0 unspecified atom stereocenters. The molecule has 4 heteroatoms. The van der Waals surface area contributed by atoms with Gasteiger partial charge in [0.05, 0.1) is 0 Å². The van der Waals surface area contributed by atoms with Crippen LogP contribution in [0.2, 0.25) is 0 Å². The van der Waals surface area contributed by atoms with Crippen molar-refractivity contribution in [3.63, 3.8) is 0 Å². The summed E-state index contributed by atoms with van der Waals surface area (Å²) in [6.07, 6.45) is 0.786. The minimum Gasteiger partial charge on any atom is -0.354 e. The van der Waals surface area contributed by atoms with Gasteiger partial charge in [-0.25, -0.2) is 0 Å². The molecule has 0 saturated heterocycles. The number of hydrogen-bond acceptors (Lipinski definition) is 2. The summed E-state index contributed by atoms with van der Waals surface area (Å²) in [4.78, 5) is 26.7. The number of aromatic nitrogens is 1. The van der Waals surface area contributed by atoms with Crippen LogP contribution < -0.4 is 10.9 Å². The van der Waals surface area contributed by atoms with Crippen molar-refractivity contribution in [2.75, 3.05) is 0 Å². The second-order valence-corrected chi connectivity index (χ2v) is 5.87. The van der Waals surface area contributed by atoms with E-state index in [9.17, 15) is 9.59 Å². The van der Waals surface area contributed by atoms with E-state index in [2.05, 4.69) is 23.3 Å². The van der Waals surface area contributed by atoms with Gasteiger partial charge in [0.15, 0.2) is 0 Å². The van der Waals surface area contributed by atoms with Crippen LogP contribution in [0.15, 0.2) is 23.0 Å². The number of aryl methyl sites for hydroxylation is 3. The molecule has 1 amide bonds. The molecule has 2 N–H and O–H groups in total. The number of hydrogen-bond donors (Lipinski definition) is 2. The molecule has 4 nitrogen and oxygen atoms in total. The quantitative estimate of drug-likeness (QED) is 0.907. The van der Waals surface area contributed by atoms with Crippen LogP contribution in [0.3, 0.4) is 0 Å². The summed E-state index contributed by atoms with van der Waals surface area (Å²) in [7, 11) is 0. The van der Waals surface area contributed by atoms with E-state index < -0.39 is 0 Å². The smallest absolute Gasteiger partial charge is 0.251 e. The van der Waals surface area contributed by atoms with Gasteiger partial charge in [-0.15, -0.1) is 0 Å². The maximum atomic E-state index is 12.1. The Morgan fingerprint density at radius 1 is 1.19 bits per heavy atom. The van der Waals surface area contributed by atoms with Crippen molar-refractivity contribution in [3.05, 3.63) is 45.2 Å². The predicted octanol–water partition coefficient (Wildman–Crippen LogP) is 2.60. The van der Waals surface area contributed by atoms with Crippen molar-refractivity contribution < 1.29 is 4.79 Å². The lowest BCUT2D eigenvalue weighted by Crippen LogP contribution is -2.30. The molecule has 0 bridgehead atoms. The highest BCUT2D eigenvalue weighted by atomic mass is 16.1. The zero-order valence-corrected chi connectivity index (χ0v) is 13.0. The van der Waals surface area contributed by atoms with Gasteiger partial charge < -0.3 is 10.3 Å². The first kappa shape index (κ1) is 15.3. The van der Waals surface area contributed by atoms with E-state index >= 15 is 0 Å². The summed E-state index contributed by atoms with van der Waals surface area (Å²) < 4.78 is 0. The number of nitrogens with one attached hydrogen (secondary N) is 2. The summed E-state index contributed by atoms with van der Waals surface area (Å²) in [5.74, 6) is -0.0235. The molecular formula is C17H22N2O2. The average molecular weight is 286 g/mol. The minimum absolute atomic E-state index is 0.0235. The van der Waals surface area contributed by atoms with E-state index in [0.717, 1.165) is 16.5 Å². The summed E-state index contributed by atoms with van der Waals surface area (Å²) >= 11 is 0. The topological polar surface area (TPSA) is 62.0 Å². The van der Waals surface area contributed by atoms with Crippen LogP contribution in [0, 0.1) is 13.8 Å². The van der Waals surface area contributed by atoms with Gasteiger partial charge in [0.1, 0.15) is 0 Å². The molecule has 0 radical (unpaired) electrons. The van der Waals surface area contributed by atoms with Crippen LogP contribution >= 0.6 is 0 Å². The SMILES string of the molecule is Cc1cc2cc(CCC(=O)NC(C)C)c(=O)[nH]c2cc1C. The summed E-state index contributed by atoms with van der Waals surface area (Å²) in [6, 6.07) is 6.07. The number of H-pyrrole nitrogens is 1. The lowest BCUT2D eigenvalue weighted by Gasteiger charge is -2.09. The van der Waals surface area contributed by atoms with E-state index in [4.69, 9.17) is 0 Å². The van der Waals surface area contributed by atoms with E-state index in [1.165, 1.54) is 5.56 Å². The molecule has 1 aromatic carbocycles. The zero-order chi connectivity index (χ0) is 15.6. The monoisotopic (exact) mass is 286 g/mol. The molecule has 112 valence electrons. The van der Waals surface area contributed by atoms with Crippen molar-refractivity contribution in [1.82, 2.24) is 10.3 Å². The third-order valence-electron chi connectivity index (χ3n) is 3.61. The van der Waals surface area contributed by atoms with Crippen LogP contribution in [0.4, 0.5) is 0 Å². The van der Waals surface area contributed by atoms with Crippen molar-refractivity contribution in [2.24, 2.45) is 0 Å². The molecule has 0 fully saturated rings. The minimum atomic E-state index is -0.108. The van der Waals surface area contributed by atoms with Crippen molar-refractivity contribution >= 4 is 16.8 Å². The molecule has 0 aliphatic carbocycles. The highest BCUT2D eigenvalue weighted by Crippen LogP contribution is 2.17. The summed E-state index contributed by atoms with van der Waals surface area (Å²) in [5.41, 5.74) is 3.74. The largest absolute Gasteiger partial charge is 0.354 e. The number of rotatable bonds is 4. The van der Waals surface area contributed by atoms with Crippen molar-refractivity contribution in [3.8, 4) is 0 Å². The third kappa shape index (κ3) is 3.72. The van der Waals surface area contributed by atoms with Gasteiger partial charge in [0, 0.05) is 23.5 Å². The zero-order valence-electron chi connectivity index (χ0n) is 13.0. The standard InChI is InChI=1S/C17H22N2O2/c1-10(2)18-16(20)6-5-13-9-14-7-11(3)12(4)8-15(14)19-17(13)21/h7-10H,5-6H2,1-4H3,(H,18,20)(H,19,21). The Kier molecular flexibility index (Phi) is 4.46. The lowest BCUT2D eigenvalue weighted by atomic mass is 10.0. The lowest BCUT2D eigenvalue weighted by molar-refractivity contribution is -0.121. The van der Waals surface area contributed by atoms with Gasteiger partial charge in [0.25, 0.3) is 5.56 Å². The van der Waals surface area contributed by atoms with Crippen LogP contribution in [-0.2, 0) is 11.2 Å². The Bertz CT molecular complexity index is 729. The number of aromatic amines is 1. The number of benzene rings is 1. The highest BCUT2D eigenvalue weighted by Gasteiger charge is 2.08. The number of fused-ring (bicyclic) bond motifs is 1. The molecule has 0 atom stereocenters. The molecule has 0 aliphatic rings. The van der Waals surface area contributed by atoms with Gasteiger partial charge in [-0.1, -0.05) is 0 Å². The van der Waals surface area contributed by atoms with E-state index in [0.29, 0.717) is 18.4 Å². The maximum absolute atomic E-state index is 12.1. The van der Waals surface area contributed by atoms with Gasteiger partial charge in [-0.05, 0) is 68.8 Å². The van der Waals surface area contributed by atoms with Gasteiger partial charge >= 0.3 is 0 Å². The Morgan fingerprint density at radius 3 is 2.52 bits per heavy atom. The fourth-order valence-electron chi connectivity index (χ4n) is 2.35. The molecule has 2 rings (SSSR count). The molecule has 2 aromatic rings. The molecule has 21 heavy (non-hydrogen) atoms. The van der Waals surface area contributed by atoms with Gasteiger partial charge in [-0.3, -0.25) is 9.59 Å². The van der Waals surface area contributed by atoms with Crippen LogP contribution in [-0.4, -0.2) is 16.9 Å². The molecule has 0 spiro atoms. The number of amides is 1. The average Bonchev–Trinajstić information content (AvgIpc) is 2.38. The van der Waals surface area contributed by atoms with E-state index in [1.807, 2.05) is 32.9 Å². The number of pyridine rings is 1. The Morgan fingerprint density at radius 2 is 1.86 bits per heavy atom. The summed E-state index contributed by atoms with van der Waals surface area (Å²) in [6.45, 7) is 7.92. The molecular weight excluding hydrogens is 264 g/mol. The molecule has 1 heterocycles. The first-order valence-electron chi connectivity index (χ1n) is 7.29. The van der Waals surface area contributed by atoms with E-state index in [-0.39, 0.29) is 17.5 Å². The Hall–Kier alpha value is -2.10. The fourth-order valence-corrected chi connectivity index (χ4v) is 2.35. The second-order valence-electron chi connectivity index (χ2n) is 5.87.